The van der Waals surface area contributed by atoms with E-state index in [0.717, 1.165) is 16.6 Å². The first kappa shape index (κ1) is 25.4. The molecule has 190 valence electrons. The van der Waals surface area contributed by atoms with Crippen molar-refractivity contribution in [1.29, 1.82) is 0 Å². The summed E-state index contributed by atoms with van der Waals surface area (Å²) in [7, 11) is 1.50. The van der Waals surface area contributed by atoms with Crippen LogP contribution in [0.2, 0.25) is 0 Å². The smallest absolute Gasteiger partial charge is 0.336 e. The Balaban J connectivity index is 1.70. The molecule has 9 heteroatoms. The molecule has 0 unspecified atom stereocenters. The fourth-order valence-electron chi connectivity index (χ4n) is 4.06. The van der Waals surface area contributed by atoms with Crippen molar-refractivity contribution in [3.8, 4) is 11.4 Å². The van der Waals surface area contributed by atoms with E-state index < -0.39 is 17.2 Å². The second kappa shape index (κ2) is 11.4. The van der Waals surface area contributed by atoms with Crippen molar-refractivity contribution in [2.24, 2.45) is 0 Å². The maximum absolute atomic E-state index is 13.6. The van der Waals surface area contributed by atoms with Gasteiger partial charge in [0.25, 0.3) is 5.56 Å². The first-order valence-corrected chi connectivity index (χ1v) is 12.0. The highest BCUT2D eigenvalue weighted by atomic mass is 16.5. The topological polar surface area (TPSA) is 111 Å². The first-order valence-electron chi connectivity index (χ1n) is 12.0. The Kier molecular flexibility index (Phi) is 7.83. The summed E-state index contributed by atoms with van der Waals surface area (Å²) >= 11 is 0. The largest absolute Gasteiger partial charge is 0.495 e. The number of hydrogen-bond donors (Lipinski definition) is 2. The lowest BCUT2D eigenvalue weighted by atomic mass is 10.1. The van der Waals surface area contributed by atoms with Crippen molar-refractivity contribution in [1.82, 2.24) is 14.5 Å². The van der Waals surface area contributed by atoms with Gasteiger partial charge in [-0.2, -0.15) is 0 Å². The highest BCUT2D eigenvalue weighted by Crippen LogP contribution is 2.23. The molecule has 0 spiro atoms. The molecule has 4 aromatic rings. The minimum atomic E-state index is -0.646. The molecular formula is C28H28N4O5. The van der Waals surface area contributed by atoms with Gasteiger partial charge in [0.2, 0.25) is 11.8 Å². The number of nitrogens with one attached hydrogen (secondary N) is 2. The van der Waals surface area contributed by atoms with Gasteiger partial charge in [-0.3, -0.25) is 19.0 Å². The number of rotatable bonds is 9. The van der Waals surface area contributed by atoms with Crippen LogP contribution in [0.1, 0.15) is 18.9 Å². The molecule has 0 saturated carbocycles. The summed E-state index contributed by atoms with van der Waals surface area (Å²) < 4.78 is 7.59. The van der Waals surface area contributed by atoms with Gasteiger partial charge in [0, 0.05) is 6.54 Å². The highest BCUT2D eigenvalue weighted by molar-refractivity contribution is 5.93. The normalized spacial score (nSPS) is 10.8. The predicted octanol–water partition coefficient (Wildman–Crippen LogP) is 2.87. The Hall–Kier alpha value is -4.66. The van der Waals surface area contributed by atoms with Gasteiger partial charge in [-0.15, -0.1) is 0 Å². The van der Waals surface area contributed by atoms with Crippen LogP contribution in [0.15, 0.2) is 82.4 Å². The summed E-state index contributed by atoms with van der Waals surface area (Å²) in [4.78, 5) is 51.8. The Morgan fingerprint density at radius 3 is 2.32 bits per heavy atom. The van der Waals surface area contributed by atoms with Gasteiger partial charge in [-0.05, 0) is 48.4 Å². The van der Waals surface area contributed by atoms with Crippen molar-refractivity contribution in [2.75, 3.05) is 19.0 Å². The number of benzene rings is 3. The molecule has 2 N–H and O–H groups in total. The number of fused-ring (bicyclic) bond motifs is 1. The maximum atomic E-state index is 13.6. The molecule has 0 fully saturated rings. The number of methoxy groups -OCH3 is 1. The number of aromatic nitrogens is 2. The fourth-order valence-corrected chi connectivity index (χ4v) is 4.06. The lowest BCUT2D eigenvalue weighted by Crippen LogP contribution is -2.40. The van der Waals surface area contributed by atoms with E-state index in [0.29, 0.717) is 34.6 Å². The number of anilines is 1. The Labute approximate surface area is 213 Å². The molecule has 0 atom stereocenters. The van der Waals surface area contributed by atoms with Gasteiger partial charge in [-0.1, -0.05) is 43.3 Å². The van der Waals surface area contributed by atoms with Gasteiger partial charge in [-0.25, -0.2) is 9.36 Å². The van der Waals surface area contributed by atoms with E-state index in [1.807, 2.05) is 6.92 Å². The Morgan fingerprint density at radius 1 is 0.892 bits per heavy atom. The molecule has 9 nitrogen and oxygen atoms in total. The zero-order valence-electron chi connectivity index (χ0n) is 20.7. The minimum Gasteiger partial charge on any atom is -0.495 e. The van der Waals surface area contributed by atoms with Crippen molar-refractivity contribution < 1.29 is 14.3 Å². The standard InChI is InChI=1S/C28H28N4O5/c1-3-16-29-25(33)17-19-12-14-20(15-13-19)32-27(35)21-8-4-6-10-23(21)31(28(32)36)18-26(34)30-22-9-5-7-11-24(22)37-2/h4-15H,3,16-18H2,1-2H3,(H,29,33)(H,30,34). The van der Waals surface area contributed by atoms with Gasteiger partial charge in [0.05, 0.1) is 35.8 Å². The van der Waals surface area contributed by atoms with Crippen molar-refractivity contribution in [3.05, 3.63) is 99.2 Å². The zero-order chi connectivity index (χ0) is 26.4. The van der Waals surface area contributed by atoms with Crippen LogP contribution < -0.4 is 26.6 Å². The van der Waals surface area contributed by atoms with E-state index in [1.54, 1.807) is 72.8 Å². The molecule has 0 aliphatic carbocycles. The summed E-state index contributed by atoms with van der Waals surface area (Å²) in [5.74, 6) is -0.0576. The molecule has 0 saturated heterocycles. The minimum absolute atomic E-state index is 0.0964. The van der Waals surface area contributed by atoms with Crippen LogP contribution in [-0.4, -0.2) is 34.6 Å². The number of ether oxygens (including phenoxy) is 1. The van der Waals surface area contributed by atoms with E-state index in [-0.39, 0.29) is 18.9 Å². The third-order valence-corrected chi connectivity index (χ3v) is 5.86. The lowest BCUT2D eigenvalue weighted by Gasteiger charge is -2.15. The van der Waals surface area contributed by atoms with Crippen LogP contribution in [0.25, 0.3) is 16.6 Å². The van der Waals surface area contributed by atoms with E-state index >= 15 is 0 Å². The van der Waals surface area contributed by atoms with E-state index in [2.05, 4.69) is 10.6 Å². The molecule has 0 aliphatic heterocycles. The van der Waals surface area contributed by atoms with Crippen LogP contribution in [0.5, 0.6) is 5.75 Å². The fraction of sp³-hybridized carbons (Fsp3) is 0.214. The zero-order valence-corrected chi connectivity index (χ0v) is 20.7. The van der Waals surface area contributed by atoms with Gasteiger partial charge >= 0.3 is 5.69 Å². The van der Waals surface area contributed by atoms with Crippen LogP contribution in [0.3, 0.4) is 0 Å². The molecule has 0 aliphatic rings. The molecule has 1 aromatic heterocycles. The van der Waals surface area contributed by atoms with E-state index in [4.69, 9.17) is 4.74 Å². The maximum Gasteiger partial charge on any atom is 0.336 e. The first-order chi connectivity index (χ1) is 17.9. The van der Waals surface area contributed by atoms with Crippen molar-refractivity contribution >= 4 is 28.4 Å². The Bertz CT molecular complexity index is 1550. The molecule has 4 rings (SSSR count). The van der Waals surface area contributed by atoms with Crippen LogP contribution in [0.4, 0.5) is 5.69 Å². The Morgan fingerprint density at radius 2 is 1.59 bits per heavy atom. The van der Waals surface area contributed by atoms with Gasteiger partial charge in [0.15, 0.2) is 0 Å². The summed E-state index contributed by atoms with van der Waals surface area (Å²) in [5.41, 5.74) is 0.787. The molecule has 0 bridgehead atoms. The van der Waals surface area contributed by atoms with Crippen LogP contribution in [-0.2, 0) is 22.6 Å². The molecule has 37 heavy (non-hydrogen) atoms. The van der Waals surface area contributed by atoms with E-state index in [9.17, 15) is 19.2 Å². The van der Waals surface area contributed by atoms with Crippen molar-refractivity contribution in [3.63, 3.8) is 0 Å². The number of carbonyl (C=O) groups excluding carboxylic acids is 2. The highest BCUT2D eigenvalue weighted by Gasteiger charge is 2.17. The third kappa shape index (κ3) is 5.61. The summed E-state index contributed by atoms with van der Waals surface area (Å²) in [6, 6.07) is 20.3. The number of amides is 2. The van der Waals surface area contributed by atoms with Crippen molar-refractivity contribution in [2.45, 2.75) is 26.3 Å². The van der Waals surface area contributed by atoms with Gasteiger partial charge < -0.3 is 15.4 Å². The quantitative estimate of drug-likeness (QED) is 0.367. The second-order valence-electron chi connectivity index (χ2n) is 8.47. The molecule has 0 radical (unpaired) electrons. The summed E-state index contributed by atoms with van der Waals surface area (Å²) in [6.07, 6.45) is 1.04. The lowest BCUT2D eigenvalue weighted by molar-refractivity contribution is -0.120. The van der Waals surface area contributed by atoms with Gasteiger partial charge in [0.1, 0.15) is 12.3 Å². The second-order valence-corrected chi connectivity index (χ2v) is 8.47. The average Bonchev–Trinajstić information content (AvgIpc) is 2.91. The molecule has 3 aromatic carbocycles. The summed E-state index contributed by atoms with van der Waals surface area (Å²) in [5, 5.41) is 5.89. The number of para-hydroxylation sites is 3. The predicted molar refractivity (Wildman–Crippen MR) is 142 cm³/mol. The third-order valence-electron chi connectivity index (χ3n) is 5.86. The monoisotopic (exact) mass is 500 g/mol. The average molecular weight is 501 g/mol. The van der Waals surface area contributed by atoms with Crippen LogP contribution in [0, 0.1) is 0 Å². The van der Waals surface area contributed by atoms with E-state index in [1.165, 1.54) is 11.7 Å². The SMILES string of the molecule is CCCNC(=O)Cc1ccc(-n2c(=O)c3ccccc3n(CC(=O)Nc3ccccc3OC)c2=O)cc1. The number of carbonyl (C=O) groups is 2. The molecule has 1 heterocycles. The van der Waals surface area contributed by atoms with Crippen LogP contribution >= 0.6 is 0 Å². The number of nitrogens with zero attached hydrogens (tertiary/aromatic N) is 2. The molecule has 2 amide bonds. The number of hydrogen-bond acceptors (Lipinski definition) is 5. The molecular weight excluding hydrogens is 472 g/mol. The summed E-state index contributed by atoms with van der Waals surface area (Å²) in [6.45, 7) is 2.27.